The van der Waals surface area contributed by atoms with E-state index in [1.807, 2.05) is 13.0 Å². The number of aromatic amines is 1. The molecule has 1 amide bonds. The van der Waals surface area contributed by atoms with Crippen molar-refractivity contribution < 1.29 is 19.6 Å². The molecule has 0 bridgehead atoms. The van der Waals surface area contributed by atoms with Gasteiger partial charge in [0.2, 0.25) is 0 Å². The van der Waals surface area contributed by atoms with Crippen molar-refractivity contribution >= 4 is 11.7 Å². The number of carbonyl (C=O) groups excluding carboxylic acids is 1. The number of nitrogens with one attached hydrogen (secondary N) is 2. The Morgan fingerprint density at radius 3 is 2.53 bits per heavy atom. The lowest BCUT2D eigenvalue weighted by Crippen LogP contribution is -2.34. The molecule has 2 rings (SSSR count). The summed E-state index contributed by atoms with van der Waals surface area (Å²) >= 11 is 0. The maximum absolute atomic E-state index is 12.3. The number of carbonyl (C=O) groups is 1. The molecular formula is C24H36N3O3+. The van der Waals surface area contributed by atoms with E-state index in [0.29, 0.717) is 30.3 Å². The molecule has 0 spiro atoms. The Morgan fingerprint density at radius 2 is 1.90 bits per heavy atom. The highest BCUT2D eigenvalue weighted by Crippen LogP contribution is 2.29. The molecule has 0 unspecified atom stereocenters. The number of hydrogen-bond donors (Lipinski definition) is 3. The van der Waals surface area contributed by atoms with E-state index in [9.17, 15) is 9.90 Å². The van der Waals surface area contributed by atoms with Gasteiger partial charge in [0.1, 0.15) is 17.7 Å². The number of nitrogen functional groups attached to an aromatic ring is 1. The van der Waals surface area contributed by atoms with Crippen molar-refractivity contribution in [1.82, 2.24) is 5.32 Å². The monoisotopic (exact) mass is 414 g/mol. The van der Waals surface area contributed by atoms with Gasteiger partial charge in [-0.2, -0.15) is 0 Å². The van der Waals surface area contributed by atoms with Crippen LogP contribution < -0.4 is 20.8 Å². The Bertz CT molecular complexity index is 832. The number of pyridine rings is 1. The first kappa shape index (κ1) is 23.5. The largest absolute Gasteiger partial charge is 0.508 e. The molecule has 0 fully saturated rings. The third-order valence-corrected chi connectivity index (χ3v) is 5.36. The summed E-state index contributed by atoms with van der Waals surface area (Å²) in [6.45, 7) is 9.65. The molecule has 164 valence electrons. The van der Waals surface area contributed by atoms with E-state index >= 15 is 0 Å². The summed E-state index contributed by atoms with van der Waals surface area (Å²) in [5.41, 5.74) is 8.26. The number of phenolic OH excluding ortho intramolecular Hbond substituents is 1. The second-order valence-corrected chi connectivity index (χ2v) is 8.48. The third-order valence-electron chi connectivity index (χ3n) is 5.36. The lowest BCUT2D eigenvalue weighted by atomic mass is 9.87. The second-order valence-electron chi connectivity index (χ2n) is 8.48. The zero-order valence-corrected chi connectivity index (χ0v) is 18.7. The van der Waals surface area contributed by atoms with Crippen LogP contribution in [0.2, 0.25) is 0 Å². The topological polar surface area (TPSA) is 98.7 Å². The summed E-state index contributed by atoms with van der Waals surface area (Å²) in [7, 11) is 0. The van der Waals surface area contributed by atoms with Crippen LogP contribution in [0.5, 0.6) is 11.5 Å². The van der Waals surface area contributed by atoms with Crippen LogP contribution >= 0.6 is 0 Å². The Hall–Kier alpha value is -2.76. The van der Waals surface area contributed by atoms with Gasteiger partial charge in [-0.3, -0.25) is 10.5 Å². The van der Waals surface area contributed by atoms with E-state index < -0.39 is 0 Å². The third kappa shape index (κ3) is 6.94. The van der Waals surface area contributed by atoms with Crippen LogP contribution in [-0.2, 0) is 12.8 Å². The zero-order valence-electron chi connectivity index (χ0n) is 18.7. The van der Waals surface area contributed by atoms with Crippen LogP contribution in [0.1, 0.15) is 68.4 Å². The number of hydrogen-bond acceptors (Lipinski definition) is 4. The van der Waals surface area contributed by atoms with Gasteiger partial charge >= 0.3 is 0 Å². The van der Waals surface area contributed by atoms with Crippen molar-refractivity contribution in [2.45, 2.75) is 59.8 Å². The quantitative estimate of drug-likeness (QED) is 0.485. The highest BCUT2D eigenvalue weighted by atomic mass is 16.5. The van der Waals surface area contributed by atoms with E-state index in [1.54, 1.807) is 24.4 Å². The van der Waals surface area contributed by atoms with Crippen molar-refractivity contribution in [1.29, 1.82) is 0 Å². The van der Waals surface area contributed by atoms with Gasteiger partial charge in [-0.25, -0.2) is 4.98 Å². The minimum atomic E-state index is -0.106. The van der Waals surface area contributed by atoms with Gasteiger partial charge in [0.15, 0.2) is 0 Å². The number of ether oxygens (including phenoxy) is 1. The number of aromatic hydroxyl groups is 1. The highest BCUT2D eigenvalue weighted by molar-refractivity contribution is 5.93. The number of amides is 1. The molecule has 6 nitrogen and oxygen atoms in total. The SMILES string of the molecule is CCc1cc(CC)c(OCCCCC(C)(C)CNC(=O)c2ccc(N)[nH+]c2)cc1O. The van der Waals surface area contributed by atoms with Crippen LogP contribution in [0.3, 0.4) is 0 Å². The van der Waals surface area contributed by atoms with E-state index in [-0.39, 0.29) is 11.3 Å². The molecule has 6 heteroatoms. The molecule has 30 heavy (non-hydrogen) atoms. The minimum absolute atomic E-state index is 0.0111. The Balaban J connectivity index is 1.74. The molecule has 1 aromatic carbocycles. The van der Waals surface area contributed by atoms with Gasteiger partial charge in [0.05, 0.1) is 12.2 Å². The number of H-pyrrole nitrogens is 1. The Labute approximate surface area is 179 Å². The Morgan fingerprint density at radius 1 is 1.17 bits per heavy atom. The summed E-state index contributed by atoms with van der Waals surface area (Å²) < 4.78 is 5.95. The summed E-state index contributed by atoms with van der Waals surface area (Å²) in [5, 5.41) is 13.1. The molecule has 1 heterocycles. The number of benzene rings is 1. The van der Waals surface area contributed by atoms with Crippen molar-refractivity contribution in [3.05, 3.63) is 47.2 Å². The van der Waals surface area contributed by atoms with Gasteiger partial charge < -0.3 is 15.2 Å². The van der Waals surface area contributed by atoms with Gasteiger partial charge in [-0.1, -0.05) is 27.7 Å². The Kier molecular flexibility index (Phi) is 8.51. The molecule has 0 radical (unpaired) electrons. The lowest BCUT2D eigenvalue weighted by Gasteiger charge is -2.25. The standard InChI is InChI=1S/C24H35N3O3/c1-5-17-13-18(6-2)21(14-20(17)28)30-12-8-7-11-24(3,4)16-27-23(29)19-9-10-22(25)26-15-19/h9-10,13-15,28H,5-8,11-12,16H2,1-4H3,(H2,25,26)(H,27,29)/p+1. The molecule has 1 aromatic heterocycles. The summed E-state index contributed by atoms with van der Waals surface area (Å²) in [6, 6.07) is 7.17. The van der Waals surface area contributed by atoms with E-state index in [1.165, 1.54) is 0 Å². The molecule has 0 atom stereocenters. The van der Waals surface area contributed by atoms with Crippen molar-refractivity contribution in [2.24, 2.45) is 5.41 Å². The number of phenols is 1. The van der Waals surface area contributed by atoms with Gasteiger partial charge in [-0.05, 0) is 60.8 Å². The predicted octanol–water partition coefficient (Wildman–Crippen LogP) is 3.92. The van der Waals surface area contributed by atoms with Crippen LogP contribution in [0.15, 0.2) is 30.5 Å². The first-order valence-electron chi connectivity index (χ1n) is 10.8. The fraction of sp³-hybridized carbons (Fsp3) is 0.500. The maximum atomic E-state index is 12.3. The van der Waals surface area contributed by atoms with Crippen molar-refractivity contribution in [2.75, 3.05) is 18.9 Å². The summed E-state index contributed by atoms with van der Waals surface area (Å²) in [6.07, 6.45) is 6.20. The molecule has 0 aliphatic heterocycles. The molecule has 5 N–H and O–H groups in total. The van der Waals surface area contributed by atoms with Gasteiger partial charge in [0.25, 0.3) is 11.7 Å². The van der Waals surface area contributed by atoms with Crippen LogP contribution in [0, 0.1) is 5.41 Å². The fourth-order valence-electron chi connectivity index (χ4n) is 3.33. The van der Waals surface area contributed by atoms with E-state index in [0.717, 1.165) is 49.0 Å². The smallest absolute Gasteiger partial charge is 0.270 e. The van der Waals surface area contributed by atoms with Crippen LogP contribution in [0.4, 0.5) is 5.82 Å². The molecule has 0 saturated carbocycles. The highest BCUT2D eigenvalue weighted by Gasteiger charge is 2.19. The van der Waals surface area contributed by atoms with Crippen molar-refractivity contribution in [3.8, 4) is 11.5 Å². The number of anilines is 1. The van der Waals surface area contributed by atoms with Gasteiger partial charge in [-0.15, -0.1) is 0 Å². The fourth-order valence-corrected chi connectivity index (χ4v) is 3.33. The molecule has 2 aromatic rings. The number of unbranched alkanes of at least 4 members (excludes halogenated alkanes) is 1. The van der Waals surface area contributed by atoms with E-state index in [4.69, 9.17) is 10.5 Å². The summed E-state index contributed by atoms with van der Waals surface area (Å²) in [4.78, 5) is 15.1. The maximum Gasteiger partial charge on any atom is 0.270 e. The number of aromatic nitrogens is 1. The van der Waals surface area contributed by atoms with Gasteiger partial charge in [0, 0.05) is 18.7 Å². The molecule has 0 aliphatic rings. The number of rotatable bonds is 11. The average Bonchev–Trinajstić information content (AvgIpc) is 2.72. The second kappa shape index (κ2) is 10.9. The first-order chi connectivity index (χ1) is 14.3. The predicted molar refractivity (Wildman–Crippen MR) is 120 cm³/mol. The minimum Gasteiger partial charge on any atom is -0.508 e. The summed E-state index contributed by atoms with van der Waals surface area (Å²) in [5.74, 6) is 1.50. The lowest BCUT2D eigenvalue weighted by molar-refractivity contribution is -0.360. The molecular weight excluding hydrogens is 378 g/mol. The van der Waals surface area contributed by atoms with Crippen LogP contribution in [0.25, 0.3) is 0 Å². The normalized spacial score (nSPS) is 11.3. The molecule has 0 aliphatic carbocycles. The zero-order chi connectivity index (χ0) is 22.1. The van der Waals surface area contributed by atoms with Crippen molar-refractivity contribution in [3.63, 3.8) is 0 Å². The first-order valence-corrected chi connectivity index (χ1v) is 10.8. The number of nitrogens with two attached hydrogens (primary N) is 1. The average molecular weight is 415 g/mol. The molecule has 0 saturated heterocycles. The van der Waals surface area contributed by atoms with Crippen LogP contribution in [-0.4, -0.2) is 24.2 Å². The van der Waals surface area contributed by atoms with E-state index in [2.05, 4.69) is 31.1 Å². The number of aryl methyl sites for hydroxylation is 2.